The first-order valence-corrected chi connectivity index (χ1v) is 7.89. The van der Waals surface area contributed by atoms with Crippen LogP contribution in [0.15, 0.2) is 0 Å². The van der Waals surface area contributed by atoms with Crippen LogP contribution in [-0.2, 0) is 9.53 Å². The highest BCUT2D eigenvalue weighted by Crippen LogP contribution is 2.53. The predicted octanol–water partition coefficient (Wildman–Crippen LogP) is 3.79. The molecule has 0 bridgehead atoms. The van der Waals surface area contributed by atoms with E-state index in [1.807, 2.05) is 0 Å². The molecule has 0 aromatic carbocycles. The number of hydrogen-bond acceptors (Lipinski definition) is 2. The highest BCUT2D eigenvalue weighted by atomic mass is 16.5. The number of rotatable bonds is 1. The lowest BCUT2D eigenvalue weighted by atomic mass is 9.54. The number of fused-ring (bicyclic) bond motifs is 3. The second-order valence-electron chi connectivity index (χ2n) is 6.69. The number of esters is 1. The molecular weight excluding hydrogens is 224 g/mol. The van der Waals surface area contributed by atoms with Gasteiger partial charge in [0.1, 0.15) is 0 Å². The molecule has 0 spiro atoms. The molecule has 102 valence electrons. The van der Waals surface area contributed by atoms with Gasteiger partial charge >= 0.3 is 5.97 Å². The van der Waals surface area contributed by atoms with Crippen LogP contribution in [0.2, 0.25) is 0 Å². The van der Waals surface area contributed by atoms with Crippen molar-refractivity contribution in [1.29, 1.82) is 0 Å². The molecule has 0 amide bonds. The Morgan fingerprint density at radius 1 is 0.889 bits per heavy atom. The number of methoxy groups -OCH3 is 1. The third-order valence-corrected chi connectivity index (χ3v) is 5.97. The van der Waals surface area contributed by atoms with Crippen molar-refractivity contribution in [3.8, 4) is 0 Å². The zero-order chi connectivity index (χ0) is 12.5. The zero-order valence-electron chi connectivity index (χ0n) is 11.6. The molecule has 0 N–H and O–H groups in total. The first-order valence-electron chi connectivity index (χ1n) is 7.89. The molecule has 3 aliphatic rings. The van der Waals surface area contributed by atoms with Crippen LogP contribution < -0.4 is 0 Å². The third kappa shape index (κ3) is 2.08. The van der Waals surface area contributed by atoms with Gasteiger partial charge in [0.15, 0.2) is 0 Å². The molecule has 0 radical (unpaired) electrons. The van der Waals surface area contributed by atoms with E-state index in [1.54, 1.807) is 7.11 Å². The van der Waals surface area contributed by atoms with Gasteiger partial charge in [-0.05, 0) is 49.4 Å². The van der Waals surface area contributed by atoms with Crippen molar-refractivity contribution in [3.05, 3.63) is 0 Å². The lowest BCUT2D eigenvalue weighted by Gasteiger charge is -2.50. The van der Waals surface area contributed by atoms with Gasteiger partial charge in [-0.15, -0.1) is 0 Å². The van der Waals surface area contributed by atoms with Gasteiger partial charge in [-0.1, -0.05) is 32.1 Å². The fraction of sp³-hybridized carbons (Fsp3) is 0.938. The Hall–Kier alpha value is -0.530. The molecular formula is C16H26O2. The maximum atomic E-state index is 12.1. The van der Waals surface area contributed by atoms with E-state index < -0.39 is 0 Å². The van der Waals surface area contributed by atoms with Gasteiger partial charge in [0.05, 0.1) is 13.0 Å². The Bertz CT molecular complexity index is 312. The molecule has 0 aliphatic heterocycles. The van der Waals surface area contributed by atoms with E-state index in [0.29, 0.717) is 5.92 Å². The Morgan fingerprint density at radius 3 is 2.22 bits per heavy atom. The molecule has 2 nitrogen and oxygen atoms in total. The SMILES string of the molecule is COC(=O)C1CC2CCCCC2C2CCCCC12. The van der Waals surface area contributed by atoms with Crippen molar-refractivity contribution in [2.75, 3.05) is 7.11 Å². The average Bonchev–Trinajstić information content (AvgIpc) is 2.45. The van der Waals surface area contributed by atoms with Crippen molar-refractivity contribution >= 4 is 5.97 Å². The minimum absolute atomic E-state index is 0.0796. The normalized spacial score (nSPS) is 43.7. The van der Waals surface area contributed by atoms with Crippen molar-refractivity contribution < 1.29 is 9.53 Å². The Morgan fingerprint density at radius 2 is 1.50 bits per heavy atom. The van der Waals surface area contributed by atoms with E-state index in [0.717, 1.165) is 24.2 Å². The second-order valence-corrected chi connectivity index (χ2v) is 6.69. The van der Waals surface area contributed by atoms with Crippen LogP contribution in [0.4, 0.5) is 0 Å². The first-order chi connectivity index (χ1) is 8.81. The molecule has 3 aliphatic carbocycles. The van der Waals surface area contributed by atoms with E-state index >= 15 is 0 Å². The van der Waals surface area contributed by atoms with Gasteiger partial charge in [-0.3, -0.25) is 4.79 Å². The molecule has 2 heteroatoms. The van der Waals surface area contributed by atoms with Crippen molar-refractivity contribution in [2.24, 2.45) is 29.6 Å². The number of hydrogen-bond donors (Lipinski definition) is 0. The fourth-order valence-corrected chi connectivity index (χ4v) is 5.24. The first kappa shape index (κ1) is 12.5. The number of ether oxygens (including phenoxy) is 1. The topological polar surface area (TPSA) is 26.3 Å². The average molecular weight is 250 g/mol. The molecule has 3 saturated carbocycles. The predicted molar refractivity (Wildman–Crippen MR) is 71.0 cm³/mol. The zero-order valence-corrected chi connectivity index (χ0v) is 11.6. The maximum Gasteiger partial charge on any atom is 0.308 e. The van der Waals surface area contributed by atoms with Gasteiger partial charge < -0.3 is 4.74 Å². The summed E-state index contributed by atoms with van der Waals surface area (Å²) in [5.74, 6) is 3.54. The maximum absolute atomic E-state index is 12.1. The van der Waals surface area contributed by atoms with E-state index in [9.17, 15) is 4.79 Å². The lowest BCUT2D eigenvalue weighted by molar-refractivity contribution is -0.154. The summed E-state index contributed by atoms with van der Waals surface area (Å²) in [6.07, 6.45) is 12.1. The monoisotopic (exact) mass is 250 g/mol. The van der Waals surface area contributed by atoms with E-state index in [1.165, 1.54) is 51.4 Å². The summed E-state index contributed by atoms with van der Waals surface area (Å²) < 4.78 is 5.08. The highest BCUT2D eigenvalue weighted by molar-refractivity contribution is 5.72. The van der Waals surface area contributed by atoms with Gasteiger partial charge in [0, 0.05) is 0 Å². The summed E-state index contributed by atoms with van der Waals surface area (Å²) in [6.45, 7) is 0. The quantitative estimate of drug-likeness (QED) is 0.662. The fourth-order valence-electron chi connectivity index (χ4n) is 5.24. The molecule has 18 heavy (non-hydrogen) atoms. The van der Waals surface area contributed by atoms with Crippen LogP contribution in [0.3, 0.4) is 0 Å². The van der Waals surface area contributed by atoms with Gasteiger partial charge in [0.25, 0.3) is 0 Å². The molecule has 3 fully saturated rings. The van der Waals surface area contributed by atoms with Crippen LogP contribution >= 0.6 is 0 Å². The number of carbonyl (C=O) groups is 1. The van der Waals surface area contributed by atoms with Gasteiger partial charge in [-0.25, -0.2) is 0 Å². The van der Waals surface area contributed by atoms with E-state index in [4.69, 9.17) is 4.74 Å². The smallest absolute Gasteiger partial charge is 0.308 e. The lowest BCUT2D eigenvalue weighted by Crippen LogP contribution is -2.45. The van der Waals surface area contributed by atoms with Gasteiger partial charge in [-0.2, -0.15) is 0 Å². The van der Waals surface area contributed by atoms with Crippen LogP contribution in [-0.4, -0.2) is 13.1 Å². The molecule has 0 saturated heterocycles. The van der Waals surface area contributed by atoms with Crippen LogP contribution in [0.5, 0.6) is 0 Å². The summed E-state index contributed by atoms with van der Waals surface area (Å²) in [4.78, 5) is 12.1. The second kappa shape index (κ2) is 5.22. The van der Waals surface area contributed by atoms with Crippen LogP contribution in [0.25, 0.3) is 0 Å². The summed E-state index contributed by atoms with van der Waals surface area (Å²) in [5, 5.41) is 0. The Labute approximate surface area is 110 Å². The summed E-state index contributed by atoms with van der Waals surface area (Å²) in [5.41, 5.74) is 0. The summed E-state index contributed by atoms with van der Waals surface area (Å²) in [6, 6.07) is 0. The Balaban J connectivity index is 1.82. The largest absolute Gasteiger partial charge is 0.469 e. The van der Waals surface area contributed by atoms with Crippen molar-refractivity contribution in [1.82, 2.24) is 0 Å². The van der Waals surface area contributed by atoms with Crippen molar-refractivity contribution in [2.45, 2.75) is 57.8 Å². The van der Waals surface area contributed by atoms with E-state index in [2.05, 4.69) is 0 Å². The standard InChI is InChI=1S/C16H26O2/c1-18-16(17)15-10-11-6-2-3-7-12(11)13-8-4-5-9-14(13)15/h11-15H,2-10H2,1H3. The summed E-state index contributed by atoms with van der Waals surface area (Å²) >= 11 is 0. The molecule has 0 aromatic heterocycles. The third-order valence-electron chi connectivity index (χ3n) is 5.97. The molecule has 5 unspecified atom stereocenters. The van der Waals surface area contributed by atoms with Crippen LogP contribution in [0, 0.1) is 29.6 Å². The molecule has 0 aromatic rings. The van der Waals surface area contributed by atoms with E-state index in [-0.39, 0.29) is 11.9 Å². The van der Waals surface area contributed by atoms with Crippen molar-refractivity contribution in [3.63, 3.8) is 0 Å². The molecule has 3 rings (SSSR count). The highest BCUT2D eigenvalue weighted by Gasteiger charge is 2.48. The number of carbonyl (C=O) groups excluding carboxylic acids is 1. The Kier molecular flexibility index (Phi) is 3.63. The van der Waals surface area contributed by atoms with Crippen LogP contribution in [0.1, 0.15) is 57.8 Å². The summed E-state index contributed by atoms with van der Waals surface area (Å²) in [7, 11) is 1.56. The minimum atomic E-state index is 0.0796. The molecule has 5 atom stereocenters. The minimum Gasteiger partial charge on any atom is -0.469 e. The molecule has 0 heterocycles. The van der Waals surface area contributed by atoms with Gasteiger partial charge in [0.2, 0.25) is 0 Å².